The fraction of sp³-hybridized carbons (Fsp3) is 0.500. The lowest BCUT2D eigenvalue weighted by atomic mass is 10.1. The van der Waals surface area contributed by atoms with Crippen LogP contribution < -0.4 is 14.2 Å². The number of methoxy groups -OCH3 is 1. The molecule has 0 aromatic heterocycles. The second kappa shape index (κ2) is 4.05. The van der Waals surface area contributed by atoms with Crippen LogP contribution in [0.2, 0.25) is 0 Å². The van der Waals surface area contributed by atoms with Crippen LogP contribution in [0.5, 0.6) is 17.2 Å². The molecule has 0 bridgehead atoms. The summed E-state index contributed by atoms with van der Waals surface area (Å²) in [5.74, 6) is 2.75. The second-order valence-electron chi connectivity index (χ2n) is 5.33. The van der Waals surface area contributed by atoms with Gasteiger partial charge in [0.25, 0.3) is 0 Å². The number of nitrogens with zero attached hydrogens (tertiary/aromatic N) is 1. The van der Waals surface area contributed by atoms with Gasteiger partial charge in [0, 0.05) is 11.6 Å². The Morgan fingerprint density at radius 3 is 2.68 bits per heavy atom. The molecule has 3 rings (SSSR count). The van der Waals surface area contributed by atoms with E-state index in [1.54, 1.807) is 7.11 Å². The van der Waals surface area contributed by atoms with Crippen LogP contribution in [0.1, 0.15) is 25.0 Å². The van der Waals surface area contributed by atoms with Crippen molar-refractivity contribution in [3.63, 3.8) is 0 Å². The first-order valence-electron chi connectivity index (χ1n) is 6.22. The third-order valence-electron chi connectivity index (χ3n) is 3.27. The van der Waals surface area contributed by atoms with E-state index in [9.17, 15) is 0 Å². The van der Waals surface area contributed by atoms with Crippen molar-refractivity contribution in [3.05, 3.63) is 17.2 Å². The smallest absolute Gasteiger partial charge is 0.231 e. The van der Waals surface area contributed by atoms with Gasteiger partial charge in [0.15, 0.2) is 11.5 Å². The van der Waals surface area contributed by atoms with Gasteiger partial charge in [0.05, 0.1) is 18.2 Å². The van der Waals surface area contributed by atoms with E-state index in [2.05, 4.69) is 4.99 Å². The molecule has 1 aromatic rings. The molecule has 2 aliphatic rings. The highest BCUT2D eigenvalue weighted by Gasteiger charge is 2.32. The number of aliphatic imine (C=N–C) groups is 1. The van der Waals surface area contributed by atoms with E-state index in [1.807, 2.05) is 26.8 Å². The van der Waals surface area contributed by atoms with Gasteiger partial charge in [-0.25, -0.2) is 4.99 Å². The Kier molecular flexibility index (Phi) is 2.59. The monoisotopic (exact) mass is 263 g/mol. The van der Waals surface area contributed by atoms with Gasteiger partial charge >= 0.3 is 0 Å². The molecule has 102 valence electrons. The summed E-state index contributed by atoms with van der Waals surface area (Å²) in [7, 11) is 1.63. The van der Waals surface area contributed by atoms with Crippen LogP contribution in [-0.4, -0.2) is 31.9 Å². The fourth-order valence-corrected chi connectivity index (χ4v) is 2.32. The normalized spacial score (nSPS) is 19.1. The van der Waals surface area contributed by atoms with Gasteiger partial charge in [0.1, 0.15) is 12.4 Å². The molecule has 0 aliphatic carbocycles. The van der Waals surface area contributed by atoms with Crippen molar-refractivity contribution < 1.29 is 18.9 Å². The minimum atomic E-state index is -0.205. The quantitative estimate of drug-likeness (QED) is 0.821. The number of hydrogen-bond donors (Lipinski definition) is 0. The Morgan fingerprint density at radius 2 is 2.05 bits per heavy atom. The predicted octanol–water partition coefficient (Wildman–Crippen LogP) is 2.29. The highest BCUT2D eigenvalue weighted by atomic mass is 16.7. The molecule has 0 saturated heterocycles. The molecule has 1 aromatic carbocycles. The van der Waals surface area contributed by atoms with Gasteiger partial charge in [-0.1, -0.05) is 0 Å². The molecule has 0 spiro atoms. The van der Waals surface area contributed by atoms with Crippen LogP contribution in [0.3, 0.4) is 0 Å². The maximum atomic E-state index is 5.71. The SMILES string of the molecule is COc1cc2c(c(C)c1C1=NC(C)(C)CO1)OCO2. The number of ether oxygens (including phenoxy) is 4. The third kappa shape index (κ3) is 1.89. The van der Waals surface area contributed by atoms with Crippen molar-refractivity contribution >= 4 is 5.90 Å². The Bertz CT molecular complexity index is 563. The molecule has 2 heterocycles. The van der Waals surface area contributed by atoms with Gasteiger partial charge in [-0.15, -0.1) is 0 Å². The fourth-order valence-electron chi connectivity index (χ4n) is 2.32. The maximum Gasteiger partial charge on any atom is 0.231 e. The summed E-state index contributed by atoms with van der Waals surface area (Å²) in [5, 5.41) is 0. The summed E-state index contributed by atoms with van der Waals surface area (Å²) in [6, 6.07) is 1.82. The first kappa shape index (κ1) is 12.1. The van der Waals surface area contributed by atoms with E-state index in [4.69, 9.17) is 18.9 Å². The van der Waals surface area contributed by atoms with E-state index in [0.717, 1.165) is 16.9 Å². The van der Waals surface area contributed by atoms with Gasteiger partial charge in [0.2, 0.25) is 12.7 Å². The molecule has 0 fully saturated rings. The van der Waals surface area contributed by atoms with Gasteiger partial charge in [-0.3, -0.25) is 0 Å². The third-order valence-corrected chi connectivity index (χ3v) is 3.27. The molecule has 0 atom stereocenters. The van der Waals surface area contributed by atoms with Gasteiger partial charge in [-0.2, -0.15) is 0 Å². The topological polar surface area (TPSA) is 49.3 Å². The number of rotatable bonds is 2. The van der Waals surface area contributed by atoms with E-state index < -0.39 is 0 Å². The van der Waals surface area contributed by atoms with Crippen LogP contribution in [0.25, 0.3) is 0 Å². The largest absolute Gasteiger partial charge is 0.496 e. The van der Waals surface area contributed by atoms with Crippen molar-refractivity contribution in [2.75, 3.05) is 20.5 Å². The number of benzene rings is 1. The molecule has 0 unspecified atom stereocenters. The molecular weight excluding hydrogens is 246 g/mol. The summed E-state index contributed by atoms with van der Waals surface area (Å²) in [6.45, 7) is 6.84. The van der Waals surface area contributed by atoms with Crippen LogP contribution in [0, 0.1) is 6.92 Å². The Hall–Kier alpha value is -1.91. The van der Waals surface area contributed by atoms with Crippen molar-refractivity contribution in [1.82, 2.24) is 0 Å². The molecule has 0 N–H and O–H groups in total. The zero-order valence-corrected chi connectivity index (χ0v) is 11.6. The zero-order valence-electron chi connectivity index (χ0n) is 11.6. The summed E-state index contributed by atoms with van der Waals surface area (Å²) in [6.07, 6.45) is 0. The van der Waals surface area contributed by atoms with Gasteiger partial charge < -0.3 is 18.9 Å². The lowest BCUT2D eigenvalue weighted by Crippen LogP contribution is -2.17. The molecule has 0 saturated carbocycles. The predicted molar refractivity (Wildman–Crippen MR) is 70.4 cm³/mol. The van der Waals surface area contributed by atoms with Crippen LogP contribution in [-0.2, 0) is 4.74 Å². The van der Waals surface area contributed by atoms with E-state index in [1.165, 1.54) is 0 Å². The van der Waals surface area contributed by atoms with Crippen LogP contribution in [0.4, 0.5) is 0 Å². The highest BCUT2D eigenvalue weighted by Crippen LogP contribution is 2.43. The Balaban J connectivity index is 2.16. The summed E-state index contributed by atoms with van der Waals surface area (Å²) < 4.78 is 22.0. The molecule has 2 aliphatic heterocycles. The van der Waals surface area contributed by atoms with Crippen molar-refractivity contribution in [3.8, 4) is 17.2 Å². The van der Waals surface area contributed by atoms with Crippen molar-refractivity contribution in [2.24, 2.45) is 4.99 Å². The number of hydrogen-bond acceptors (Lipinski definition) is 5. The number of fused-ring (bicyclic) bond motifs is 1. The summed E-state index contributed by atoms with van der Waals surface area (Å²) in [5.41, 5.74) is 1.57. The van der Waals surface area contributed by atoms with Crippen LogP contribution >= 0.6 is 0 Å². The Morgan fingerprint density at radius 1 is 1.26 bits per heavy atom. The lowest BCUT2D eigenvalue weighted by molar-refractivity contribution is 0.173. The molecular formula is C14H17NO4. The standard InChI is InChI=1S/C14H17NO4/c1-8-11(13-15-14(2,3)6-17-13)9(16-4)5-10-12(8)19-7-18-10/h5H,6-7H2,1-4H3. The van der Waals surface area contributed by atoms with E-state index >= 15 is 0 Å². The zero-order chi connectivity index (χ0) is 13.6. The second-order valence-corrected chi connectivity index (χ2v) is 5.33. The minimum absolute atomic E-state index is 0.205. The average molecular weight is 263 g/mol. The maximum absolute atomic E-state index is 5.71. The summed E-state index contributed by atoms with van der Waals surface area (Å²) >= 11 is 0. The average Bonchev–Trinajstić information content (AvgIpc) is 2.95. The molecule has 5 heteroatoms. The summed E-state index contributed by atoms with van der Waals surface area (Å²) in [4.78, 5) is 4.60. The van der Waals surface area contributed by atoms with E-state index in [-0.39, 0.29) is 12.3 Å². The molecule has 0 radical (unpaired) electrons. The Labute approximate surface area is 112 Å². The highest BCUT2D eigenvalue weighted by molar-refractivity contribution is 6.00. The lowest BCUT2D eigenvalue weighted by Gasteiger charge is -2.13. The first-order valence-corrected chi connectivity index (χ1v) is 6.22. The first-order chi connectivity index (χ1) is 9.02. The molecule has 19 heavy (non-hydrogen) atoms. The van der Waals surface area contributed by atoms with Crippen molar-refractivity contribution in [1.29, 1.82) is 0 Å². The molecule has 5 nitrogen and oxygen atoms in total. The van der Waals surface area contributed by atoms with Crippen molar-refractivity contribution in [2.45, 2.75) is 26.3 Å². The van der Waals surface area contributed by atoms with E-state index in [0.29, 0.717) is 24.0 Å². The molecule has 0 amide bonds. The van der Waals surface area contributed by atoms with Crippen LogP contribution in [0.15, 0.2) is 11.1 Å². The van der Waals surface area contributed by atoms with Gasteiger partial charge in [-0.05, 0) is 20.8 Å². The minimum Gasteiger partial charge on any atom is -0.496 e.